The van der Waals surface area contributed by atoms with Crippen LogP contribution in [0.25, 0.3) is 11.3 Å². The van der Waals surface area contributed by atoms with Crippen LogP contribution in [0, 0.1) is 0 Å². The molecule has 1 aliphatic rings. The lowest BCUT2D eigenvalue weighted by atomic mass is 10.1. The number of fused-ring (bicyclic) bond motifs is 1. The van der Waals surface area contributed by atoms with Gasteiger partial charge in [0.15, 0.2) is 5.15 Å². The third kappa shape index (κ3) is 3.34. The number of aromatic nitrogens is 2. The van der Waals surface area contributed by atoms with Crippen LogP contribution in [0.2, 0.25) is 5.15 Å². The van der Waals surface area contributed by atoms with Gasteiger partial charge in [-0.3, -0.25) is 4.90 Å². The Balaban J connectivity index is 1.85. The minimum Gasteiger partial charge on any atom is -0.444 e. The molecule has 0 bridgehead atoms. The summed E-state index contributed by atoms with van der Waals surface area (Å²) >= 11 is 6.34. The summed E-state index contributed by atoms with van der Waals surface area (Å²) in [5.74, 6) is 0.783. The maximum Gasteiger partial charge on any atom is 0.410 e. The fourth-order valence-corrected chi connectivity index (χ4v) is 2.96. The smallest absolute Gasteiger partial charge is 0.410 e. The highest BCUT2D eigenvalue weighted by Crippen LogP contribution is 2.31. The van der Waals surface area contributed by atoms with E-state index in [2.05, 4.69) is 9.55 Å². The van der Waals surface area contributed by atoms with Gasteiger partial charge in [-0.2, -0.15) is 0 Å². The zero-order chi connectivity index (χ0) is 16.6. The normalized spacial score (nSPS) is 14.5. The lowest BCUT2D eigenvalue weighted by Crippen LogP contribution is -2.41. The molecule has 1 aromatic carbocycles. The zero-order valence-electron chi connectivity index (χ0n) is 13.5. The predicted octanol–water partition coefficient (Wildman–Crippen LogP) is 3.95. The van der Waals surface area contributed by atoms with Crippen LogP contribution in [0.5, 0.6) is 0 Å². The maximum absolute atomic E-state index is 12.2. The Morgan fingerprint density at radius 2 is 1.91 bits per heavy atom. The third-order valence-corrected chi connectivity index (χ3v) is 3.89. The molecule has 2 aromatic rings. The highest BCUT2D eigenvalue weighted by molar-refractivity contribution is 6.32. The topological polar surface area (TPSA) is 47.4 Å². The standard InChI is InChI=1S/C17H20ClN3O2/c1-17(2,3)23-16(22)20-9-10-21-13(11-20)19-15(18)14(21)12-7-5-4-6-8-12/h4-8H,9-11H2,1-3H3. The summed E-state index contributed by atoms with van der Waals surface area (Å²) < 4.78 is 7.51. The molecule has 0 N–H and O–H groups in total. The number of halogens is 1. The Bertz CT molecular complexity index is 719. The molecule has 0 radical (unpaired) electrons. The summed E-state index contributed by atoms with van der Waals surface area (Å²) in [6.07, 6.45) is -0.316. The summed E-state index contributed by atoms with van der Waals surface area (Å²) in [6.45, 7) is 7.22. The van der Waals surface area contributed by atoms with Crippen molar-refractivity contribution in [2.75, 3.05) is 6.54 Å². The summed E-state index contributed by atoms with van der Waals surface area (Å²) in [4.78, 5) is 18.3. The van der Waals surface area contributed by atoms with Crippen molar-refractivity contribution in [3.63, 3.8) is 0 Å². The molecule has 0 saturated heterocycles. The third-order valence-electron chi connectivity index (χ3n) is 3.63. The molecule has 1 aromatic heterocycles. The number of amides is 1. The van der Waals surface area contributed by atoms with Crippen LogP contribution in [0.1, 0.15) is 26.6 Å². The van der Waals surface area contributed by atoms with E-state index in [1.165, 1.54) is 0 Å². The molecule has 0 atom stereocenters. The van der Waals surface area contributed by atoms with Crippen LogP contribution in [-0.2, 0) is 17.8 Å². The first-order valence-electron chi connectivity index (χ1n) is 7.63. The van der Waals surface area contributed by atoms with Gasteiger partial charge >= 0.3 is 6.09 Å². The first-order valence-corrected chi connectivity index (χ1v) is 8.01. The van der Waals surface area contributed by atoms with E-state index in [0.29, 0.717) is 24.8 Å². The molecule has 0 spiro atoms. The fourth-order valence-electron chi connectivity index (χ4n) is 2.65. The van der Waals surface area contributed by atoms with Gasteiger partial charge in [-0.05, 0) is 20.8 Å². The van der Waals surface area contributed by atoms with Crippen molar-refractivity contribution < 1.29 is 9.53 Å². The molecule has 122 valence electrons. The van der Waals surface area contributed by atoms with Gasteiger partial charge in [0.05, 0.1) is 12.2 Å². The van der Waals surface area contributed by atoms with Crippen LogP contribution in [0.4, 0.5) is 4.79 Å². The van der Waals surface area contributed by atoms with E-state index >= 15 is 0 Å². The van der Waals surface area contributed by atoms with E-state index in [1.54, 1.807) is 4.90 Å². The second-order valence-corrected chi connectivity index (χ2v) is 6.95. The molecule has 6 heteroatoms. The largest absolute Gasteiger partial charge is 0.444 e. The van der Waals surface area contributed by atoms with Gasteiger partial charge in [0.25, 0.3) is 0 Å². The molecule has 2 heterocycles. The van der Waals surface area contributed by atoms with E-state index in [-0.39, 0.29) is 6.09 Å². The van der Waals surface area contributed by atoms with Crippen LogP contribution in [-0.4, -0.2) is 32.7 Å². The van der Waals surface area contributed by atoms with Crippen molar-refractivity contribution in [2.45, 2.75) is 39.5 Å². The fraction of sp³-hybridized carbons (Fsp3) is 0.412. The Kier molecular flexibility index (Phi) is 4.06. The van der Waals surface area contributed by atoms with E-state index < -0.39 is 5.60 Å². The van der Waals surface area contributed by atoms with Gasteiger partial charge < -0.3 is 9.30 Å². The van der Waals surface area contributed by atoms with Crippen molar-refractivity contribution in [1.82, 2.24) is 14.5 Å². The Hall–Kier alpha value is -2.01. The Morgan fingerprint density at radius 3 is 2.57 bits per heavy atom. The van der Waals surface area contributed by atoms with E-state index in [1.807, 2.05) is 51.1 Å². The lowest BCUT2D eigenvalue weighted by molar-refractivity contribution is 0.0196. The van der Waals surface area contributed by atoms with Gasteiger partial charge in [-0.15, -0.1) is 0 Å². The molecule has 1 aliphatic heterocycles. The summed E-state index contributed by atoms with van der Waals surface area (Å²) in [6, 6.07) is 9.94. The van der Waals surface area contributed by atoms with E-state index in [0.717, 1.165) is 17.1 Å². The average molecular weight is 334 g/mol. The van der Waals surface area contributed by atoms with Crippen LogP contribution in [0.3, 0.4) is 0 Å². The van der Waals surface area contributed by atoms with Gasteiger partial charge in [0.2, 0.25) is 0 Å². The number of rotatable bonds is 1. The molecule has 5 nitrogen and oxygen atoms in total. The summed E-state index contributed by atoms with van der Waals surface area (Å²) in [5.41, 5.74) is 1.43. The second-order valence-electron chi connectivity index (χ2n) is 6.59. The van der Waals surface area contributed by atoms with E-state index in [9.17, 15) is 4.79 Å². The first kappa shape index (κ1) is 15.9. The maximum atomic E-state index is 12.2. The van der Waals surface area contributed by atoms with E-state index in [4.69, 9.17) is 16.3 Å². The van der Waals surface area contributed by atoms with Crippen molar-refractivity contribution >= 4 is 17.7 Å². The monoisotopic (exact) mass is 333 g/mol. The number of hydrogen-bond acceptors (Lipinski definition) is 3. The minimum absolute atomic E-state index is 0.316. The quantitative estimate of drug-likeness (QED) is 0.793. The number of imidazole rings is 1. The number of carbonyl (C=O) groups excluding carboxylic acids is 1. The molecule has 1 amide bonds. The second kappa shape index (κ2) is 5.89. The van der Waals surface area contributed by atoms with Crippen LogP contribution >= 0.6 is 11.6 Å². The van der Waals surface area contributed by atoms with Crippen molar-refractivity contribution in [2.24, 2.45) is 0 Å². The minimum atomic E-state index is -0.503. The highest BCUT2D eigenvalue weighted by atomic mass is 35.5. The number of nitrogens with zero attached hydrogens (tertiary/aromatic N) is 3. The Labute approximate surface area is 140 Å². The number of benzene rings is 1. The number of hydrogen-bond donors (Lipinski definition) is 0. The van der Waals surface area contributed by atoms with Crippen LogP contribution < -0.4 is 0 Å². The molecule has 23 heavy (non-hydrogen) atoms. The predicted molar refractivity (Wildman–Crippen MR) is 89.3 cm³/mol. The SMILES string of the molecule is CC(C)(C)OC(=O)N1CCn2c(nc(Cl)c2-c2ccccc2)C1. The molecule has 0 aliphatic carbocycles. The highest BCUT2D eigenvalue weighted by Gasteiger charge is 2.29. The molecule has 0 saturated carbocycles. The van der Waals surface area contributed by atoms with Crippen LogP contribution in [0.15, 0.2) is 30.3 Å². The van der Waals surface area contributed by atoms with Gasteiger partial charge in [0.1, 0.15) is 11.4 Å². The lowest BCUT2D eigenvalue weighted by Gasteiger charge is -2.30. The van der Waals surface area contributed by atoms with Crippen molar-refractivity contribution in [3.05, 3.63) is 41.3 Å². The average Bonchev–Trinajstić information content (AvgIpc) is 2.81. The molecule has 3 rings (SSSR count). The first-order chi connectivity index (χ1) is 10.8. The molecular formula is C17H20ClN3O2. The molecule has 0 unspecified atom stereocenters. The van der Waals surface area contributed by atoms with Crippen molar-refractivity contribution in [3.8, 4) is 11.3 Å². The summed E-state index contributed by atoms with van der Waals surface area (Å²) in [5, 5.41) is 0.470. The number of carbonyl (C=O) groups is 1. The van der Waals surface area contributed by atoms with Gasteiger partial charge in [-0.25, -0.2) is 9.78 Å². The molecular weight excluding hydrogens is 314 g/mol. The van der Waals surface area contributed by atoms with Gasteiger partial charge in [-0.1, -0.05) is 41.9 Å². The van der Waals surface area contributed by atoms with Crippen molar-refractivity contribution in [1.29, 1.82) is 0 Å². The Morgan fingerprint density at radius 1 is 1.22 bits per heavy atom. The number of ether oxygens (including phenoxy) is 1. The molecule has 0 fully saturated rings. The van der Waals surface area contributed by atoms with Gasteiger partial charge in [0, 0.05) is 18.7 Å². The zero-order valence-corrected chi connectivity index (χ0v) is 14.3. The summed E-state index contributed by atoms with van der Waals surface area (Å²) in [7, 11) is 0.